The van der Waals surface area contributed by atoms with Crippen LogP contribution in [0.3, 0.4) is 0 Å². The summed E-state index contributed by atoms with van der Waals surface area (Å²) in [6.45, 7) is 1.75. The molecule has 0 atom stereocenters. The van der Waals surface area contributed by atoms with E-state index in [4.69, 9.17) is 10.00 Å². The summed E-state index contributed by atoms with van der Waals surface area (Å²) in [6, 6.07) is 11.8. The highest BCUT2D eigenvalue weighted by molar-refractivity contribution is 9.10. The van der Waals surface area contributed by atoms with E-state index in [1.54, 1.807) is 11.3 Å². The van der Waals surface area contributed by atoms with Crippen molar-refractivity contribution in [2.45, 2.75) is 13.1 Å². The molecule has 5 heteroatoms. The summed E-state index contributed by atoms with van der Waals surface area (Å²) in [6.07, 6.45) is 0. The quantitative estimate of drug-likeness (QED) is 0.874. The number of thiophene rings is 1. The van der Waals surface area contributed by atoms with Gasteiger partial charge in [-0.05, 0) is 45.1 Å². The van der Waals surface area contributed by atoms with E-state index in [9.17, 15) is 0 Å². The van der Waals surface area contributed by atoms with E-state index in [1.807, 2.05) is 30.3 Å². The fourth-order valence-electron chi connectivity index (χ4n) is 1.59. The third-order valence-electron chi connectivity index (χ3n) is 2.53. The Bertz CT molecular complexity index is 560. The van der Waals surface area contributed by atoms with Crippen LogP contribution in [0, 0.1) is 11.3 Å². The zero-order valence-corrected chi connectivity index (χ0v) is 12.6. The molecule has 98 valence electrons. The van der Waals surface area contributed by atoms with Crippen molar-refractivity contribution >= 4 is 27.3 Å². The molecular formula is C14H13BrN2OS. The number of nitrogens with one attached hydrogen (secondary N) is 1. The second-order valence-corrected chi connectivity index (χ2v) is 5.74. The van der Waals surface area contributed by atoms with Crippen molar-refractivity contribution in [1.82, 2.24) is 5.32 Å². The molecule has 0 saturated heterocycles. The number of nitrogens with zero attached hydrogens (tertiary/aromatic N) is 1. The number of hydrogen-bond acceptors (Lipinski definition) is 4. The Balaban J connectivity index is 1.80. The van der Waals surface area contributed by atoms with Gasteiger partial charge in [0.2, 0.25) is 0 Å². The van der Waals surface area contributed by atoms with Crippen LogP contribution >= 0.6 is 27.3 Å². The molecule has 0 aliphatic heterocycles. The molecule has 2 aromatic rings. The number of rotatable bonds is 6. The number of benzene rings is 1. The molecule has 3 nitrogen and oxygen atoms in total. The van der Waals surface area contributed by atoms with Gasteiger partial charge in [-0.1, -0.05) is 12.1 Å². The molecule has 0 amide bonds. The summed E-state index contributed by atoms with van der Waals surface area (Å²) < 4.78 is 6.36. The Morgan fingerprint density at radius 1 is 1.21 bits per heavy atom. The van der Waals surface area contributed by atoms with Crippen molar-refractivity contribution in [2.24, 2.45) is 0 Å². The zero-order valence-electron chi connectivity index (χ0n) is 10.2. The fraction of sp³-hybridized carbons (Fsp3) is 0.214. The smallest absolute Gasteiger partial charge is 0.174 e. The van der Waals surface area contributed by atoms with Crippen LogP contribution in [0.2, 0.25) is 0 Å². The molecule has 0 aliphatic rings. The lowest BCUT2D eigenvalue weighted by atomic mass is 10.2. The van der Waals surface area contributed by atoms with Gasteiger partial charge >= 0.3 is 0 Å². The third-order valence-corrected chi connectivity index (χ3v) is 4.46. The lowest BCUT2D eigenvalue weighted by Gasteiger charge is -2.06. The molecule has 0 saturated carbocycles. The summed E-state index contributed by atoms with van der Waals surface area (Å²) in [5.41, 5.74) is 1.19. The summed E-state index contributed by atoms with van der Waals surface area (Å²) in [5.74, 6) is 0.728. The van der Waals surface area contributed by atoms with E-state index in [1.165, 1.54) is 10.4 Å². The minimum absolute atomic E-state index is 0.0873. The standard InChI is InChI=1S/C14H13BrN2OS/c15-13-5-8-19-14(13)10-17-9-11-1-3-12(4-2-11)18-7-6-16/h1-5,8,17H,7,9-10H2. The molecule has 0 aliphatic carbocycles. The van der Waals surface area contributed by atoms with Gasteiger partial charge < -0.3 is 10.1 Å². The first-order chi connectivity index (χ1) is 9.29. The molecule has 0 spiro atoms. The fourth-order valence-corrected chi connectivity index (χ4v) is 3.05. The monoisotopic (exact) mass is 336 g/mol. The Morgan fingerprint density at radius 2 is 2.00 bits per heavy atom. The van der Waals surface area contributed by atoms with Crippen LogP contribution in [0.1, 0.15) is 10.4 Å². The molecule has 0 bridgehead atoms. The summed E-state index contributed by atoms with van der Waals surface area (Å²) in [5, 5.41) is 13.9. The van der Waals surface area contributed by atoms with E-state index in [-0.39, 0.29) is 6.61 Å². The van der Waals surface area contributed by atoms with E-state index in [0.717, 1.165) is 23.3 Å². The molecule has 1 aromatic carbocycles. The maximum absolute atomic E-state index is 8.42. The minimum Gasteiger partial charge on any atom is -0.479 e. The number of halogens is 1. The molecule has 0 unspecified atom stereocenters. The number of nitriles is 1. The van der Waals surface area contributed by atoms with Crippen molar-refractivity contribution in [2.75, 3.05) is 6.61 Å². The summed E-state index contributed by atoms with van der Waals surface area (Å²) in [7, 11) is 0. The maximum Gasteiger partial charge on any atom is 0.174 e. The maximum atomic E-state index is 8.42. The van der Waals surface area contributed by atoms with Crippen LogP contribution in [0.15, 0.2) is 40.2 Å². The predicted molar refractivity (Wildman–Crippen MR) is 80.1 cm³/mol. The zero-order chi connectivity index (χ0) is 13.5. The Morgan fingerprint density at radius 3 is 2.63 bits per heavy atom. The number of ether oxygens (including phenoxy) is 1. The molecule has 1 aromatic heterocycles. The van der Waals surface area contributed by atoms with Gasteiger partial charge in [-0.3, -0.25) is 0 Å². The molecule has 0 fully saturated rings. The van der Waals surface area contributed by atoms with Crippen LogP contribution < -0.4 is 10.1 Å². The number of hydrogen-bond donors (Lipinski definition) is 1. The Kier molecular flexibility index (Phi) is 5.40. The van der Waals surface area contributed by atoms with Gasteiger partial charge in [-0.15, -0.1) is 11.3 Å². The van der Waals surface area contributed by atoms with Crippen LogP contribution in [-0.2, 0) is 13.1 Å². The van der Waals surface area contributed by atoms with E-state index >= 15 is 0 Å². The van der Waals surface area contributed by atoms with Crippen LogP contribution in [-0.4, -0.2) is 6.61 Å². The van der Waals surface area contributed by atoms with Crippen molar-refractivity contribution in [1.29, 1.82) is 5.26 Å². The second kappa shape index (κ2) is 7.29. The van der Waals surface area contributed by atoms with Gasteiger partial charge in [-0.25, -0.2) is 0 Å². The van der Waals surface area contributed by atoms with Crippen LogP contribution in [0.5, 0.6) is 5.75 Å². The molecule has 1 N–H and O–H groups in total. The minimum atomic E-state index is 0.0873. The van der Waals surface area contributed by atoms with Gasteiger partial charge in [0.25, 0.3) is 0 Å². The Labute approximate surface area is 125 Å². The van der Waals surface area contributed by atoms with Crippen molar-refractivity contribution in [3.05, 3.63) is 50.6 Å². The van der Waals surface area contributed by atoms with Crippen molar-refractivity contribution in [3.63, 3.8) is 0 Å². The first-order valence-corrected chi connectivity index (χ1v) is 7.48. The lowest BCUT2D eigenvalue weighted by molar-refractivity contribution is 0.368. The predicted octanol–water partition coefficient (Wildman–Crippen LogP) is 3.70. The van der Waals surface area contributed by atoms with Crippen LogP contribution in [0.25, 0.3) is 0 Å². The molecular weight excluding hydrogens is 324 g/mol. The average Bonchev–Trinajstić information content (AvgIpc) is 2.84. The van der Waals surface area contributed by atoms with Crippen molar-refractivity contribution in [3.8, 4) is 11.8 Å². The first kappa shape index (κ1) is 14.1. The van der Waals surface area contributed by atoms with E-state index < -0.39 is 0 Å². The van der Waals surface area contributed by atoms with Gasteiger partial charge in [0, 0.05) is 22.4 Å². The molecule has 1 heterocycles. The highest BCUT2D eigenvalue weighted by Gasteiger charge is 2.01. The highest BCUT2D eigenvalue weighted by Crippen LogP contribution is 2.22. The van der Waals surface area contributed by atoms with E-state index in [2.05, 4.69) is 32.7 Å². The van der Waals surface area contributed by atoms with Gasteiger partial charge in [0.05, 0.1) is 0 Å². The lowest BCUT2D eigenvalue weighted by Crippen LogP contribution is -2.11. The Hall–Kier alpha value is -1.35. The van der Waals surface area contributed by atoms with E-state index in [0.29, 0.717) is 0 Å². The largest absolute Gasteiger partial charge is 0.479 e. The normalized spacial score (nSPS) is 10.1. The molecule has 2 rings (SSSR count). The SMILES string of the molecule is N#CCOc1ccc(CNCc2sccc2Br)cc1. The second-order valence-electron chi connectivity index (χ2n) is 3.89. The van der Waals surface area contributed by atoms with Gasteiger partial charge in [-0.2, -0.15) is 5.26 Å². The van der Waals surface area contributed by atoms with Gasteiger partial charge in [0.15, 0.2) is 6.61 Å². The summed E-state index contributed by atoms with van der Waals surface area (Å²) >= 11 is 5.25. The van der Waals surface area contributed by atoms with Gasteiger partial charge in [0.1, 0.15) is 11.8 Å². The van der Waals surface area contributed by atoms with Crippen molar-refractivity contribution < 1.29 is 4.74 Å². The summed E-state index contributed by atoms with van der Waals surface area (Å²) in [4.78, 5) is 1.30. The third kappa shape index (κ3) is 4.35. The molecule has 0 radical (unpaired) electrons. The average molecular weight is 337 g/mol. The highest BCUT2D eigenvalue weighted by atomic mass is 79.9. The molecule has 19 heavy (non-hydrogen) atoms. The topological polar surface area (TPSA) is 45.0 Å². The van der Waals surface area contributed by atoms with Crippen LogP contribution in [0.4, 0.5) is 0 Å². The first-order valence-electron chi connectivity index (χ1n) is 5.81.